The predicted molar refractivity (Wildman–Crippen MR) is 96.1 cm³/mol. The largest absolute Gasteiger partial charge is 0.351 e. The lowest BCUT2D eigenvalue weighted by molar-refractivity contribution is -0.143. The zero-order chi connectivity index (χ0) is 16.9. The highest BCUT2D eigenvalue weighted by Gasteiger charge is 2.18. The van der Waals surface area contributed by atoms with Crippen molar-refractivity contribution in [2.75, 3.05) is 13.2 Å². The van der Waals surface area contributed by atoms with Crippen molar-refractivity contribution in [1.29, 1.82) is 0 Å². The Labute approximate surface area is 142 Å². The second-order valence-electron chi connectivity index (χ2n) is 5.74. The predicted octanol–water partition coefficient (Wildman–Crippen LogP) is 3.94. The lowest BCUT2D eigenvalue weighted by Crippen LogP contribution is -2.24. The number of hydrogen-bond donors (Lipinski definition) is 0. The van der Waals surface area contributed by atoms with Crippen LogP contribution in [0, 0.1) is 0 Å². The molecule has 0 fully saturated rings. The van der Waals surface area contributed by atoms with Gasteiger partial charge in [0.15, 0.2) is 6.29 Å². The van der Waals surface area contributed by atoms with E-state index in [9.17, 15) is 0 Å². The summed E-state index contributed by atoms with van der Waals surface area (Å²) in [6.45, 7) is 8.05. The molecule has 0 aliphatic heterocycles. The maximum Gasteiger partial charge on any atom is 0.175 e. The second-order valence-corrected chi connectivity index (χ2v) is 5.74. The Morgan fingerprint density at radius 2 is 1.79 bits per heavy atom. The summed E-state index contributed by atoms with van der Waals surface area (Å²) in [5.41, 5.74) is 3.04. The summed E-state index contributed by atoms with van der Waals surface area (Å²) in [4.78, 5) is 9.35. The fourth-order valence-corrected chi connectivity index (χ4v) is 3.10. The molecule has 128 valence electrons. The minimum Gasteiger partial charge on any atom is -0.351 e. The number of para-hydroxylation sites is 1. The molecule has 2 aromatic heterocycles. The minimum atomic E-state index is -0.264. The van der Waals surface area contributed by atoms with Crippen LogP contribution in [-0.2, 0) is 22.4 Å². The molecule has 0 aliphatic rings. The highest BCUT2D eigenvalue weighted by atomic mass is 16.7. The molecule has 24 heavy (non-hydrogen) atoms. The van der Waals surface area contributed by atoms with Crippen LogP contribution in [0.3, 0.4) is 0 Å². The molecule has 1 aromatic carbocycles. The van der Waals surface area contributed by atoms with E-state index in [4.69, 9.17) is 14.5 Å². The minimum absolute atomic E-state index is 0.264. The van der Waals surface area contributed by atoms with Crippen LogP contribution < -0.4 is 0 Å². The lowest BCUT2D eigenvalue weighted by atomic mass is 10.2. The summed E-state index contributed by atoms with van der Waals surface area (Å²) in [6.07, 6.45) is 3.57. The lowest BCUT2D eigenvalue weighted by Gasteiger charge is -2.19. The van der Waals surface area contributed by atoms with Crippen LogP contribution in [0.1, 0.15) is 33.0 Å². The van der Waals surface area contributed by atoms with E-state index >= 15 is 0 Å². The number of rotatable bonds is 8. The van der Waals surface area contributed by atoms with Crippen LogP contribution in [0.2, 0.25) is 0 Å². The number of hydrogen-bond acceptors (Lipinski definition) is 4. The van der Waals surface area contributed by atoms with Crippen molar-refractivity contribution in [3.05, 3.63) is 36.3 Å². The number of aromatic nitrogens is 3. The fourth-order valence-electron chi connectivity index (χ4n) is 3.10. The molecular formula is C19H25N3O2. The van der Waals surface area contributed by atoms with Crippen LogP contribution in [0.25, 0.3) is 21.9 Å². The Morgan fingerprint density at radius 1 is 1.04 bits per heavy atom. The van der Waals surface area contributed by atoms with Crippen LogP contribution in [0.4, 0.5) is 0 Å². The Bertz CT molecular complexity index is 807. The number of imidazole rings is 1. The first kappa shape index (κ1) is 16.9. The maximum absolute atomic E-state index is 5.76. The van der Waals surface area contributed by atoms with Crippen molar-refractivity contribution >= 4 is 21.9 Å². The third-order valence-electron chi connectivity index (χ3n) is 4.07. The van der Waals surface area contributed by atoms with Gasteiger partial charge in [-0.05, 0) is 26.3 Å². The van der Waals surface area contributed by atoms with Crippen molar-refractivity contribution in [3.8, 4) is 0 Å². The van der Waals surface area contributed by atoms with Crippen molar-refractivity contribution in [2.45, 2.75) is 46.4 Å². The zero-order valence-electron chi connectivity index (χ0n) is 14.7. The average molecular weight is 327 g/mol. The molecular weight excluding hydrogens is 302 g/mol. The van der Waals surface area contributed by atoms with E-state index in [0.717, 1.165) is 40.6 Å². The topological polar surface area (TPSA) is 49.2 Å². The molecule has 0 atom stereocenters. The Morgan fingerprint density at radius 3 is 2.50 bits per heavy atom. The van der Waals surface area contributed by atoms with Gasteiger partial charge in [0.1, 0.15) is 11.3 Å². The number of aryl methyl sites for hydroxylation is 1. The fraction of sp³-hybridized carbons (Fsp3) is 0.474. The monoisotopic (exact) mass is 327 g/mol. The van der Waals surface area contributed by atoms with Gasteiger partial charge in [0.05, 0.1) is 23.8 Å². The van der Waals surface area contributed by atoms with Gasteiger partial charge in [-0.1, -0.05) is 25.1 Å². The van der Waals surface area contributed by atoms with Crippen LogP contribution in [0.5, 0.6) is 0 Å². The third kappa shape index (κ3) is 3.28. The Hall–Kier alpha value is -1.98. The van der Waals surface area contributed by atoms with Gasteiger partial charge in [0.2, 0.25) is 0 Å². The molecule has 2 heterocycles. The SMILES string of the molecule is CCCc1nc2cnc3ccccc3c2n1CC(OCC)OCC. The number of pyridine rings is 1. The van der Waals surface area contributed by atoms with Gasteiger partial charge in [-0.3, -0.25) is 4.98 Å². The van der Waals surface area contributed by atoms with E-state index < -0.39 is 0 Å². The van der Waals surface area contributed by atoms with Gasteiger partial charge in [0, 0.05) is 25.0 Å². The summed E-state index contributed by atoms with van der Waals surface area (Å²) in [5.74, 6) is 1.06. The highest BCUT2D eigenvalue weighted by Crippen LogP contribution is 2.26. The van der Waals surface area contributed by atoms with E-state index in [1.807, 2.05) is 38.2 Å². The Kier molecular flexibility index (Phi) is 5.43. The van der Waals surface area contributed by atoms with E-state index in [2.05, 4.69) is 22.5 Å². The van der Waals surface area contributed by atoms with E-state index in [1.54, 1.807) is 0 Å². The molecule has 0 N–H and O–H groups in total. The van der Waals surface area contributed by atoms with E-state index in [-0.39, 0.29) is 6.29 Å². The molecule has 3 rings (SSSR count). The van der Waals surface area contributed by atoms with Crippen molar-refractivity contribution in [1.82, 2.24) is 14.5 Å². The molecule has 0 spiro atoms. The summed E-state index contributed by atoms with van der Waals surface area (Å²) >= 11 is 0. The molecule has 0 saturated carbocycles. The quantitative estimate of drug-likeness (QED) is 0.588. The van der Waals surface area contributed by atoms with Crippen molar-refractivity contribution in [3.63, 3.8) is 0 Å². The summed E-state index contributed by atoms with van der Waals surface area (Å²) in [7, 11) is 0. The summed E-state index contributed by atoms with van der Waals surface area (Å²) in [6, 6.07) is 8.20. The van der Waals surface area contributed by atoms with E-state index in [1.165, 1.54) is 0 Å². The molecule has 0 saturated heterocycles. The molecule has 0 radical (unpaired) electrons. The maximum atomic E-state index is 5.76. The first-order valence-electron chi connectivity index (χ1n) is 8.74. The summed E-state index contributed by atoms with van der Waals surface area (Å²) < 4.78 is 13.8. The first-order chi connectivity index (χ1) is 11.8. The summed E-state index contributed by atoms with van der Waals surface area (Å²) in [5, 5.41) is 1.12. The van der Waals surface area contributed by atoms with Gasteiger partial charge >= 0.3 is 0 Å². The Balaban J connectivity index is 2.14. The normalized spacial score (nSPS) is 11.8. The number of fused-ring (bicyclic) bond motifs is 3. The van der Waals surface area contributed by atoms with Crippen LogP contribution in [-0.4, -0.2) is 34.0 Å². The zero-order valence-corrected chi connectivity index (χ0v) is 14.7. The van der Waals surface area contributed by atoms with Crippen molar-refractivity contribution in [2.24, 2.45) is 0 Å². The average Bonchev–Trinajstić information content (AvgIpc) is 2.94. The van der Waals surface area contributed by atoms with Crippen LogP contribution in [0.15, 0.2) is 30.5 Å². The molecule has 5 nitrogen and oxygen atoms in total. The number of benzene rings is 1. The first-order valence-corrected chi connectivity index (χ1v) is 8.74. The van der Waals surface area contributed by atoms with Crippen molar-refractivity contribution < 1.29 is 9.47 Å². The second kappa shape index (κ2) is 7.73. The highest BCUT2D eigenvalue weighted by molar-refractivity contribution is 6.02. The molecule has 0 aliphatic carbocycles. The third-order valence-corrected chi connectivity index (χ3v) is 4.07. The van der Waals surface area contributed by atoms with Gasteiger partial charge in [0.25, 0.3) is 0 Å². The molecule has 3 aromatic rings. The standard InChI is InChI=1S/C19H25N3O2/c1-4-9-17-21-16-12-20-15-11-8-7-10-14(15)19(16)22(17)13-18(23-5-2)24-6-3/h7-8,10-12,18H,4-6,9,13H2,1-3H3. The van der Waals surface area contributed by atoms with Gasteiger partial charge in [-0.15, -0.1) is 0 Å². The van der Waals surface area contributed by atoms with Gasteiger partial charge in [-0.2, -0.15) is 0 Å². The van der Waals surface area contributed by atoms with E-state index in [0.29, 0.717) is 19.8 Å². The molecule has 0 bridgehead atoms. The van der Waals surface area contributed by atoms with Gasteiger partial charge < -0.3 is 14.0 Å². The molecule has 5 heteroatoms. The molecule has 0 unspecified atom stereocenters. The number of ether oxygens (including phenoxy) is 2. The van der Waals surface area contributed by atoms with Crippen LogP contribution >= 0.6 is 0 Å². The number of nitrogens with zero attached hydrogens (tertiary/aromatic N) is 3. The smallest absolute Gasteiger partial charge is 0.175 e. The van der Waals surface area contributed by atoms with Gasteiger partial charge in [-0.25, -0.2) is 4.98 Å². The molecule has 0 amide bonds.